The van der Waals surface area contributed by atoms with Crippen LogP contribution in [0.1, 0.15) is 5.56 Å². The number of nitrogen functional groups attached to an aromatic ring is 1. The van der Waals surface area contributed by atoms with E-state index in [1.165, 1.54) is 0 Å². The largest absolute Gasteiger partial charge is 0.397 e. The smallest absolute Gasteiger partial charge is 0.0942 e. The van der Waals surface area contributed by atoms with E-state index in [2.05, 4.69) is 5.32 Å². The second-order valence-electron chi connectivity index (χ2n) is 3.31. The van der Waals surface area contributed by atoms with Crippen molar-refractivity contribution in [1.29, 1.82) is 0 Å². The lowest BCUT2D eigenvalue weighted by Crippen LogP contribution is -2.23. The zero-order chi connectivity index (χ0) is 10.6. The van der Waals surface area contributed by atoms with Crippen molar-refractivity contribution in [3.05, 3.63) is 23.8 Å². The molecule has 78 valence electrons. The highest BCUT2D eigenvalue weighted by Crippen LogP contribution is 2.18. The highest BCUT2D eigenvalue weighted by Gasteiger charge is 2.03. The van der Waals surface area contributed by atoms with Gasteiger partial charge < -0.3 is 21.3 Å². The summed E-state index contributed by atoms with van der Waals surface area (Å²) in [5.74, 6) is 0. The molecule has 0 aromatic heterocycles. The van der Waals surface area contributed by atoms with Crippen molar-refractivity contribution in [1.82, 2.24) is 0 Å². The van der Waals surface area contributed by atoms with Crippen LogP contribution in [0.3, 0.4) is 0 Å². The minimum atomic E-state index is -0.754. The quantitative estimate of drug-likeness (QED) is 0.524. The normalized spacial score (nSPS) is 12.5. The summed E-state index contributed by atoms with van der Waals surface area (Å²) >= 11 is 0. The Morgan fingerprint density at radius 2 is 2.21 bits per heavy atom. The molecule has 1 atom stereocenters. The summed E-state index contributed by atoms with van der Waals surface area (Å²) in [5.41, 5.74) is 8.26. The zero-order valence-electron chi connectivity index (χ0n) is 8.20. The number of benzene rings is 1. The summed E-state index contributed by atoms with van der Waals surface area (Å²) in [6.45, 7) is 2.01. The van der Waals surface area contributed by atoms with Gasteiger partial charge in [-0.15, -0.1) is 0 Å². The molecule has 14 heavy (non-hydrogen) atoms. The predicted octanol–water partition coefficient (Wildman–Crippen LogP) is 0.342. The Balaban J connectivity index is 2.59. The lowest BCUT2D eigenvalue weighted by Gasteiger charge is -2.12. The number of aryl methyl sites for hydroxylation is 1. The summed E-state index contributed by atoms with van der Waals surface area (Å²) in [4.78, 5) is 0. The molecule has 1 aromatic carbocycles. The van der Waals surface area contributed by atoms with Crippen molar-refractivity contribution < 1.29 is 10.2 Å². The number of nitrogens with two attached hydrogens (primary N) is 1. The summed E-state index contributed by atoms with van der Waals surface area (Å²) in [5, 5.41) is 20.7. The van der Waals surface area contributed by atoms with E-state index in [4.69, 9.17) is 15.9 Å². The third-order valence-corrected chi connectivity index (χ3v) is 1.95. The molecule has 0 fully saturated rings. The molecule has 0 amide bonds. The number of aliphatic hydroxyl groups excluding tert-OH is 2. The average molecular weight is 196 g/mol. The first-order valence-electron chi connectivity index (χ1n) is 4.52. The first kappa shape index (κ1) is 10.8. The SMILES string of the molecule is Cc1ccc(NCC(O)CO)c(N)c1. The maximum absolute atomic E-state index is 9.11. The Labute approximate surface area is 83.4 Å². The summed E-state index contributed by atoms with van der Waals surface area (Å²) < 4.78 is 0. The highest BCUT2D eigenvalue weighted by molar-refractivity contribution is 5.66. The van der Waals surface area contributed by atoms with Gasteiger partial charge in [0.05, 0.1) is 24.1 Å². The van der Waals surface area contributed by atoms with Crippen LogP contribution in [0.25, 0.3) is 0 Å². The monoisotopic (exact) mass is 196 g/mol. The maximum atomic E-state index is 9.11. The average Bonchev–Trinajstić information content (AvgIpc) is 2.16. The van der Waals surface area contributed by atoms with Gasteiger partial charge in [-0.25, -0.2) is 0 Å². The Morgan fingerprint density at radius 3 is 2.79 bits per heavy atom. The van der Waals surface area contributed by atoms with Crippen molar-refractivity contribution in [3.63, 3.8) is 0 Å². The summed E-state index contributed by atoms with van der Waals surface area (Å²) in [7, 11) is 0. The molecule has 1 aromatic rings. The van der Waals surface area contributed by atoms with Crippen LogP contribution in [0.2, 0.25) is 0 Å². The second kappa shape index (κ2) is 4.83. The Bertz CT molecular complexity index is 302. The van der Waals surface area contributed by atoms with Gasteiger partial charge in [0.2, 0.25) is 0 Å². The molecule has 0 saturated heterocycles. The van der Waals surface area contributed by atoms with Crippen LogP contribution in [0.15, 0.2) is 18.2 Å². The molecule has 0 saturated carbocycles. The van der Waals surface area contributed by atoms with E-state index >= 15 is 0 Å². The molecule has 1 rings (SSSR count). The topological polar surface area (TPSA) is 78.5 Å². The molecule has 0 radical (unpaired) electrons. The molecule has 4 heteroatoms. The molecule has 0 spiro atoms. The van der Waals surface area contributed by atoms with Gasteiger partial charge in [-0.3, -0.25) is 0 Å². The van der Waals surface area contributed by atoms with Crippen LogP contribution in [0.5, 0.6) is 0 Å². The van der Waals surface area contributed by atoms with Gasteiger partial charge in [-0.2, -0.15) is 0 Å². The summed E-state index contributed by atoms with van der Waals surface area (Å²) in [6, 6.07) is 5.65. The van der Waals surface area contributed by atoms with E-state index in [1.54, 1.807) is 0 Å². The molecule has 4 nitrogen and oxygen atoms in total. The van der Waals surface area contributed by atoms with Gasteiger partial charge in [-0.05, 0) is 24.6 Å². The molecule has 0 aliphatic carbocycles. The van der Waals surface area contributed by atoms with Crippen LogP contribution in [0.4, 0.5) is 11.4 Å². The fourth-order valence-corrected chi connectivity index (χ4v) is 1.14. The van der Waals surface area contributed by atoms with Gasteiger partial charge in [0.1, 0.15) is 0 Å². The van der Waals surface area contributed by atoms with Gasteiger partial charge in [0.15, 0.2) is 0 Å². The van der Waals surface area contributed by atoms with E-state index in [-0.39, 0.29) is 6.61 Å². The number of anilines is 2. The number of hydrogen-bond donors (Lipinski definition) is 4. The van der Waals surface area contributed by atoms with E-state index < -0.39 is 6.10 Å². The van der Waals surface area contributed by atoms with Crippen molar-refractivity contribution in [3.8, 4) is 0 Å². The minimum absolute atomic E-state index is 0.251. The minimum Gasteiger partial charge on any atom is -0.397 e. The standard InChI is InChI=1S/C10H16N2O2/c1-7-2-3-10(9(11)4-7)12-5-8(14)6-13/h2-4,8,12-14H,5-6,11H2,1H3. The van der Waals surface area contributed by atoms with Gasteiger partial charge >= 0.3 is 0 Å². The maximum Gasteiger partial charge on any atom is 0.0942 e. The van der Waals surface area contributed by atoms with Crippen molar-refractivity contribution in [2.75, 3.05) is 24.2 Å². The number of hydrogen-bond acceptors (Lipinski definition) is 4. The van der Waals surface area contributed by atoms with Crippen molar-refractivity contribution >= 4 is 11.4 Å². The second-order valence-corrected chi connectivity index (χ2v) is 3.31. The third-order valence-electron chi connectivity index (χ3n) is 1.95. The fourth-order valence-electron chi connectivity index (χ4n) is 1.14. The molecule has 0 heterocycles. The zero-order valence-corrected chi connectivity index (χ0v) is 8.20. The lowest BCUT2D eigenvalue weighted by atomic mass is 10.2. The van der Waals surface area contributed by atoms with E-state index in [0.717, 1.165) is 11.3 Å². The van der Waals surface area contributed by atoms with Crippen LogP contribution >= 0.6 is 0 Å². The Morgan fingerprint density at radius 1 is 1.50 bits per heavy atom. The number of rotatable bonds is 4. The molecule has 0 aliphatic rings. The predicted molar refractivity (Wildman–Crippen MR) is 57.2 cm³/mol. The third kappa shape index (κ3) is 2.90. The Kier molecular flexibility index (Phi) is 3.73. The number of aliphatic hydroxyl groups is 2. The van der Waals surface area contributed by atoms with Gasteiger partial charge in [0, 0.05) is 6.54 Å². The first-order chi connectivity index (χ1) is 6.63. The van der Waals surface area contributed by atoms with Crippen LogP contribution < -0.4 is 11.1 Å². The van der Waals surface area contributed by atoms with E-state index in [1.807, 2.05) is 25.1 Å². The van der Waals surface area contributed by atoms with Crippen LogP contribution in [-0.2, 0) is 0 Å². The van der Waals surface area contributed by atoms with E-state index in [9.17, 15) is 0 Å². The number of nitrogens with one attached hydrogen (secondary N) is 1. The van der Waals surface area contributed by atoms with Gasteiger partial charge in [-0.1, -0.05) is 6.07 Å². The molecule has 5 N–H and O–H groups in total. The highest BCUT2D eigenvalue weighted by atomic mass is 16.3. The fraction of sp³-hybridized carbons (Fsp3) is 0.400. The van der Waals surface area contributed by atoms with Crippen molar-refractivity contribution in [2.24, 2.45) is 0 Å². The lowest BCUT2D eigenvalue weighted by molar-refractivity contribution is 0.105. The molecular weight excluding hydrogens is 180 g/mol. The molecular formula is C10H16N2O2. The van der Waals surface area contributed by atoms with Crippen LogP contribution in [0, 0.1) is 6.92 Å². The Hall–Kier alpha value is -1.26. The molecule has 1 unspecified atom stereocenters. The molecule has 0 aliphatic heterocycles. The molecule has 0 bridgehead atoms. The van der Waals surface area contributed by atoms with Gasteiger partial charge in [0.25, 0.3) is 0 Å². The van der Waals surface area contributed by atoms with Crippen molar-refractivity contribution in [2.45, 2.75) is 13.0 Å². The first-order valence-corrected chi connectivity index (χ1v) is 4.52. The van der Waals surface area contributed by atoms with E-state index in [0.29, 0.717) is 12.2 Å². The van der Waals surface area contributed by atoms with Crippen LogP contribution in [-0.4, -0.2) is 29.5 Å². The summed E-state index contributed by atoms with van der Waals surface area (Å²) in [6.07, 6.45) is -0.754.